The van der Waals surface area contributed by atoms with Crippen LogP contribution in [-0.4, -0.2) is 70.0 Å². The number of imidazole rings is 1. The Morgan fingerprint density at radius 1 is 1.15 bits per heavy atom. The van der Waals surface area contributed by atoms with Crippen molar-refractivity contribution in [2.75, 3.05) is 5.32 Å². The van der Waals surface area contributed by atoms with Gasteiger partial charge in [0.1, 0.15) is 12.2 Å². The van der Waals surface area contributed by atoms with Crippen LogP contribution in [0.25, 0.3) is 22.6 Å². The van der Waals surface area contributed by atoms with Crippen LogP contribution in [0, 0.1) is 0 Å². The summed E-state index contributed by atoms with van der Waals surface area (Å²) in [6, 6.07) is 3.38. The number of aliphatic hydroxyl groups is 2. The van der Waals surface area contributed by atoms with Gasteiger partial charge in [-0.1, -0.05) is 11.6 Å². The largest absolute Gasteiger partial charge is 0.416 e. The van der Waals surface area contributed by atoms with Gasteiger partial charge in [-0.15, -0.1) is 0 Å². The topological polar surface area (TPSA) is 160 Å². The predicted molar refractivity (Wildman–Crippen MR) is 137 cm³/mol. The molecule has 0 bridgehead atoms. The summed E-state index contributed by atoms with van der Waals surface area (Å²) < 4.78 is 46.7. The summed E-state index contributed by atoms with van der Waals surface area (Å²) in [6.45, 7) is -0.138. The number of pyridine rings is 2. The number of aromatic nitrogens is 6. The molecule has 0 radical (unpaired) electrons. The van der Waals surface area contributed by atoms with Gasteiger partial charge in [-0.25, -0.2) is 15.0 Å². The highest BCUT2D eigenvalue weighted by molar-refractivity contribution is 6.30. The third kappa shape index (κ3) is 5.53. The molecule has 4 aromatic rings. The number of nitrogens with one attached hydrogen (secondary N) is 2. The van der Waals surface area contributed by atoms with Crippen LogP contribution in [0.5, 0.6) is 0 Å². The lowest BCUT2D eigenvalue weighted by atomic mass is 10.1. The van der Waals surface area contributed by atoms with Crippen LogP contribution in [0.15, 0.2) is 43.1 Å². The Labute approximate surface area is 234 Å². The maximum absolute atomic E-state index is 13.2. The van der Waals surface area contributed by atoms with E-state index in [0.717, 1.165) is 31.2 Å². The molecule has 1 saturated carbocycles. The average molecular weight is 591 g/mol. The van der Waals surface area contributed by atoms with E-state index in [1.165, 1.54) is 23.3 Å². The van der Waals surface area contributed by atoms with Gasteiger partial charge in [0.2, 0.25) is 0 Å². The van der Waals surface area contributed by atoms with Crippen molar-refractivity contribution in [2.24, 2.45) is 0 Å². The first kappa shape index (κ1) is 27.3. The van der Waals surface area contributed by atoms with Crippen molar-refractivity contribution in [1.29, 1.82) is 0 Å². The minimum absolute atomic E-state index is 0.0186. The number of carbonyl (C=O) groups is 1. The van der Waals surface area contributed by atoms with Crippen molar-refractivity contribution in [3.05, 3.63) is 59.4 Å². The summed E-state index contributed by atoms with van der Waals surface area (Å²) >= 11 is 6.11. The molecule has 0 aromatic carbocycles. The molecule has 2 fully saturated rings. The van der Waals surface area contributed by atoms with Crippen LogP contribution < -0.4 is 10.6 Å². The van der Waals surface area contributed by atoms with Crippen molar-refractivity contribution in [3.63, 3.8) is 0 Å². The summed E-state index contributed by atoms with van der Waals surface area (Å²) in [4.78, 5) is 34.0. The number of nitrogens with zero attached hydrogens (tertiary/aromatic N) is 6. The van der Waals surface area contributed by atoms with E-state index in [2.05, 4.69) is 35.6 Å². The fraction of sp³-hybridized carbons (Fsp3) is 0.360. The molecule has 0 unspecified atom stereocenters. The molecule has 2 aliphatic rings. The van der Waals surface area contributed by atoms with E-state index in [0.29, 0.717) is 10.6 Å². The normalized spacial score (nSPS) is 22.7. The van der Waals surface area contributed by atoms with E-state index in [4.69, 9.17) is 16.3 Å². The fourth-order valence-electron chi connectivity index (χ4n) is 4.43. The molecule has 16 heteroatoms. The molecule has 4 aromatic heterocycles. The highest BCUT2D eigenvalue weighted by Crippen LogP contribution is 2.35. The summed E-state index contributed by atoms with van der Waals surface area (Å²) in [6.07, 6.45) is -3.20. The number of ether oxygens (including phenoxy) is 1. The van der Waals surface area contributed by atoms with Crippen LogP contribution in [0.1, 0.15) is 30.3 Å². The zero-order valence-corrected chi connectivity index (χ0v) is 21.7. The van der Waals surface area contributed by atoms with Crippen LogP contribution in [0.3, 0.4) is 0 Å². The molecule has 1 aliphatic heterocycles. The molecule has 6 rings (SSSR count). The second kappa shape index (κ2) is 10.5. The third-order valence-electron chi connectivity index (χ3n) is 6.66. The third-order valence-corrected chi connectivity index (χ3v) is 6.87. The summed E-state index contributed by atoms with van der Waals surface area (Å²) in [5.41, 5.74) is 0.000329. The standard InChI is InChI=1S/C25H22ClF3N8O4/c26-13-5-11(7-30-8-13)20-35-21(32-9-15-6-12(3-4-31-15)25(27,28)29)16-22(36-20)37(10-33-16)24-18(39)17(38)19(41-24)23(40)34-14-1-2-14/h3-8,10,14,17-19,24,38-39H,1-2,9H2,(H,34,40)(H,32,35,36)/t17-,18+,19-,24+/m0/s1. The Balaban J connectivity index is 1.36. The molecule has 41 heavy (non-hydrogen) atoms. The maximum Gasteiger partial charge on any atom is 0.416 e. The number of hydrogen-bond acceptors (Lipinski definition) is 10. The molecular formula is C25H22ClF3N8O4. The number of fused-ring (bicyclic) bond motifs is 1. The minimum atomic E-state index is -4.54. The first-order chi connectivity index (χ1) is 19.6. The number of halogens is 4. The SMILES string of the molecule is O=C(NC1CC1)[C@H]1O[C@@H](n2cnc3c(NCc4cc(C(F)(F)F)ccn4)nc(-c4cncc(Cl)c4)nc32)[C@H](O)[C@@H]1O. The van der Waals surface area contributed by atoms with Gasteiger partial charge >= 0.3 is 6.18 Å². The van der Waals surface area contributed by atoms with Crippen LogP contribution in [-0.2, 0) is 22.3 Å². The molecule has 1 aliphatic carbocycles. The number of aliphatic hydroxyl groups excluding tert-OH is 2. The van der Waals surface area contributed by atoms with Crippen molar-refractivity contribution in [2.45, 2.75) is 56.1 Å². The zero-order valence-electron chi connectivity index (χ0n) is 21.0. The molecule has 12 nitrogen and oxygen atoms in total. The Bertz CT molecular complexity index is 1620. The number of hydrogen-bond donors (Lipinski definition) is 4. The Morgan fingerprint density at radius 2 is 1.95 bits per heavy atom. The van der Waals surface area contributed by atoms with Gasteiger partial charge in [0, 0.05) is 30.2 Å². The van der Waals surface area contributed by atoms with Crippen LogP contribution in [0.4, 0.5) is 19.0 Å². The number of carbonyl (C=O) groups excluding carboxylic acids is 1. The van der Waals surface area contributed by atoms with Gasteiger partial charge in [-0.2, -0.15) is 13.2 Å². The Morgan fingerprint density at radius 3 is 2.68 bits per heavy atom. The van der Waals surface area contributed by atoms with Crippen LogP contribution in [0.2, 0.25) is 5.02 Å². The van der Waals surface area contributed by atoms with Gasteiger partial charge in [-0.05, 0) is 31.0 Å². The molecule has 4 atom stereocenters. The average Bonchev–Trinajstić information content (AvgIpc) is 3.58. The molecule has 1 amide bonds. The summed E-state index contributed by atoms with van der Waals surface area (Å²) in [5.74, 6) is -0.272. The monoisotopic (exact) mass is 590 g/mol. The van der Waals surface area contributed by atoms with Crippen molar-refractivity contribution < 1.29 is 32.9 Å². The first-order valence-electron chi connectivity index (χ1n) is 12.5. The maximum atomic E-state index is 13.2. The van der Waals surface area contributed by atoms with Gasteiger partial charge in [0.15, 0.2) is 35.1 Å². The molecule has 1 saturated heterocycles. The quantitative estimate of drug-likeness (QED) is 0.252. The number of alkyl halides is 3. The molecule has 4 N–H and O–H groups in total. The summed E-state index contributed by atoms with van der Waals surface area (Å²) in [7, 11) is 0. The zero-order chi connectivity index (χ0) is 28.9. The minimum Gasteiger partial charge on any atom is -0.387 e. The van der Waals surface area contributed by atoms with E-state index < -0.39 is 42.2 Å². The highest BCUT2D eigenvalue weighted by atomic mass is 35.5. The van der Waals surface area contributed by atoms with E-state index in [-0.39, 0.29) is 41.1 Å². The van der Waals surface area contributed by atoms with Crippen molar-refractivity contribution in [1.82, 2.24) is 34.8 Å². The molecule has 5 heterocycles. The van der Waals surface area contributed by atoms with Gasteiger partial charge in [-0.3, -0.25) is 19.3 Å². The Hall–Kier alpha value is -3.92. The lowest BCUT2D eigenvalue weighted by Gasteiger charge is -2.17. The Kier molecular flexibility index (Phi) is 6.97. The highest BCUT2D eigenvalue weighted by Gasteiger charge is 2.48. The van der Waals surface area contributed by atoms with Gasteiger partial charge in [0.25, 0.3) is 5.91 Å². The number of anilines is 1. The van der Waals surface area contributed by atoms with Crippen molar-refractivity contribution in [3.8, 4) is 11.4 Å². The molecular weight excluding hydrogens is 569 g/mol. The lowest BCUT2D eigenvalue weighted by Crippen LogP contribution is -2.43. The van der Waals surface area contributed by atoms with E-state index in [9.17, 15) is 28.2 Å². The molecule has 214 valence electrons. The fourth-order valence-corrected chi connectivity index (χ4v) is 4.61. The van der Waals surface area contributed by atoms with E-state index in [1.54, 1.807) is 6.07 Å². The summed E-state index contributed by atoms with van der Waals surface area (Å²) in [5, 5.41) is 27.4. The number of rotatable bonds is 7. The second-order valence-corrected chi connectivity index (χ2v) is 10.1. The van der Waals surface area contributed by atoms with E-state index in [1.807, 2.05) is 0 Å². The van der Waals surface area contributed by atoms with Crippen molar-refractivity contribution >= 4 is 34.5 Å². The molecule has 0 spiro atoms. The van der Waals surface area contributed by atoms with Crippen LogP contribution >= 0.6 is 11.6 Å². The van der Waals surface area contributed by atoms with Gasteiger partial charge in [0.05, 0.1) is 29.2 Å². The van der Waals surface area contributed by atoms with Gasteiger partial charge < -0.3 is 25.6 Å². The first-order valence-corrected chi connectivity index (χ1v) is 12.9. The second-order valence-electron chi connectivity index (χ2n) is 9.71. The van der Waals surface area contributed by atoms with E-state index >= 15 is 0 Å². The predicted octanol–water partition coefficient (Wildman–Crippen LogP) is 2.47. The number of amides is 1. The lowest BCUT2D eigenvalue weighted by molar-refractivity contribution is -0.138. The smallest absolute Gasteiger partial charge is 0.387 e.